The summed E-state index contributed by atoms with van der Waals surface area (Å²) in [5.41, 5.74) is 4.06. The number of aryl methyl sites for hydroxylation is 2. The molecule has 0 atom stereocenters. The molecule has 4 aliphatic carbocycles. The van der Waals surface area contributed by atoms with Crippen LogP contribution in [0.2, 0.25) is 0 Å². The zero-order valence-electron chi connectivity index (χ0n) is 17.3. The molecule has 4 saturated carbocycles. The molecule has 0 unspecified atom stereocenters. The van der Waals surface area contributed by atoms with Gasteiger partial charge in [-0.05, 0) is 107 Å². The van der Waals surface area contributed by atoms with E-state index in [1.54, 1.807) is 0 Å². The van der Waals surface area contributed by atoms with Gasteiger partial charge < -0.3 is 4.90 Å². The molecule has 1 heterocycles. The quantitative estimate of drug-likeness (QED) is 0.758. The summed E-state index contributed by atoms with van der Waals surface area (Å²) in [4.78, 5) is 15.7. The Morgan fingerprint density at radius 2 is 1.64 bits per heavy atom. The summed E-state index contributed by atoms with van der Waals surface area (Å²) in [6.07, 6.45) is 7.89. The Balaban J connectivity index is 1.41. The van der Waals surface area contributed by atoms with Gasteiger partial charge in [0.05, 0.1) is 11.4 Å². The molecule has 6 rings (SSSR count). The van der Waals surface area contributed by atoms with Crippen molar-refractivity contribution in [3.63, 3.8) is 0 Å². The van der Waals surface area contributed by atoms with Crippen LogP contribution in [-0.2, 0) is 0 Å². The van der Waals surface area contributed by atoms with Crippen molar-refractivity contribution >= 4 is 5.91 Å². The molecule has 0 radical (unpaired) electrons. The lowest BCUT2D eigenvalue weighted by atomic mass is 9.52. The van der Waals surface area contributed by atoms with E-state index in [2.05, 4.69) is 29.9 Å². The highest BCUT2D eigenvalue weighted by atomic mass is 16.2. The molecule has 0 saturated heterocycles. The molecule has 1 aromatic heterocycles. The van der Waals surface area contributed by atoms with Gasteiger partial charge in [-0.15, -0.1) is 0 Å². The number of carbonyl (C=O) groups is 1. The molecule has 1 amide bonds. The van der Waals surface area contributed by atoms with Crippen LogP contribution < -0.4 is 0 Å². The number of carbonyl (C=O) groups excluding carboxylic acids is 1. The second kappa shape index (κ2) is 6.47. The minimum absolute atomic E-state index is 0.120. The second-order valence-electron chi connectivity index (χ2n) is 9.58. The predicted molar refractivity (Wildman–Crippen MR) is 111 cm³/mol. The van der Waals surface area contributed by atoms with Crippen LogP contribution in [0.1, 0.15) is 67.2 Å². The van der Waals surface area contributed by atoms with Gasteiger partial charge in [0.25, 0.3) is 5.91 Å². The number of benzene rings is 1. The molecule has 0 aliphatic heterocycles. The van der Waals surface area contributed by atoms with E-state index in [0.29, 0.717) is 0 Å². The van der Waals surface area contributed by atoms with E-state index >= 15 is 0 Å². The van der Waals surface area contributed by atoms with Crippen LogP contribution in [0.3, 0.4) is 0 Å². The van der Waals surface area contributed by atoms with Crippen molar-refractivity contribution in [1.82, 2.24) is 14.7 Å². The summed E-state index contributed by atoms with van der Waals surface area (Å²) >= 11 is 0. The molecule has 4 heteroatoms. The van der Waals surface area contributed by atoms with E-state index < -0.39 is 0 Å². The van der Waals surface area contributed by atoms with Crippen molar-refractivity contribution in [3.8, 4) is 5.69 Å². The molecular formula is C24H31N3O. The van der Waals surface area contributed by atoms with Gasteiger partial charge in [0.1, 0.15) is 0 Å². The molecule has 28 heavy (non-hydrogen) atoms. The zero-order chi connectivity index (χ0) is 19.5. The molecule has 1 aromatic carbocycles. The molecule has 0 spiro atoms. The first-order chi connectivity index (χ1) is 13.5. The first-order valence-electron chi connectivity index (χ1n) is 10.9. The fourth-order valence-electron chi connectivity index (χ4n) is 6.88. The third kappa shape index (κ3) is 2.80. The summed E-state index contributed by atoms with van der Waals surface area (Å²) in [7, 11) is 0. The molecular weight excluding hydrogens is 346 g/mol. The lowest BCUT2D eigenvalue weighted by molar-refractivity contribution is -0.0731. The first-order valence-corrected chi connectivity index (χ1v) is 10.9. The fourth-order valence-corrected chi connectivity index (χ4v) is 6.88. The summed E-state index contributed by atoms with van der Waals surface area (Å²) < 4.78 is 1.94. The molecule has 148 valence electrons. The number of rotatable bonds is 4. The van der Waals surface area contributed by atoms with E-state index in [-0.39, 0.29) is 11.4 Å². The highest BCUT2D eigenvalue weighted by Crippen LogP contribution is 2.57. The number of nitrogens with zero attached hydrogens (tertiary/aromatic N) is 3. The predicted octanol–water partition coefficient (Wildman–Crippen LogP) is 4.92. The normalized spacial score (nSPS) is 30.6. The number of aromatic nitrogens is 2. The van der Waals surface area contributed by atoms with Crippen LogP contribution in [-0.4, -0.2) is 32.7 Å². The SMILES string of the molecule is CCN(C(=O)c1ccc(-n2nc(C)cc2C)cc1)C12CC3CC(CC(C3)C1)C2. The largest absolute Gasteiger partial charge is 0.333 e. The summed E-state index contributed by atoms with van der Waals surface area (Å²) in [5, 5.41) is 4.55. The van der Waals surface area contributed by atoms with Crippen LogP contribution >= 0.6 is 0 Å². The van der Waals surface area contributed by atoms with Crippen LogP contribution in [0.4, 0.5) is 0 Å². The van der Waals surface area contributed by atoms with E-state index in [9.17, 15) is 4.79 Å². The summed E-state index contributed by atoms with van der Waals surface area (Å²) in [6, 6.07) is 10.1. The smallest absolute Gasteiger partial charge is 0.254 e. The zero-order valence-corrected chi connectivity index (χ0v) is 17.3. The second-order valence-corrected chi connectivity index (χ2v) is 9.58. The summed E-state index contributed by atoms with van der Waals surface area (Å²) in [6.45, 7) is 7.03. The van der Waals surface area contributed by atoms with Crippen LogP contribution in [0.25, 0.3) is 5.69 Å². The van der Waals surface area contributed by atoms with Crippen LogP contribution in [0.15, 0.2) is 30.3 Å². The monoisotopic (exact) mass is 377 g/mol. The Morgan fingerprint density at radius 3 is 2.11 bits per heavy atom. The highest BCUT2D eigenvalue weighted by Gasteiger charge is 2.54. The third-order valence-electron chi connectivity index (χ3n) is 7.51. The van der Waals surface area contributed by atoms with Crippen molar-refractivity contribution in [3.05, 3.63) is 47.3 Å². The highest BCUT2D eigenvalue weighted by molar-refractivity contribution is 5.95. The number of amides is 1. The average molecular weight is 378 g/mol. The lowest BCUT2D eigenvalue weighted by Crippen LogP contribution is -2.61. The summed E-state index contributed by atoms with van der Waals surface area (Å²) in [5.74, 6) is 2.76. The van der Waals surface area contributed by atoms with E-state index in [1.807, 2.05) is 35.9 Å². The van der Waals surface area contributed by atoms with Crippen molar-refractivity contribution < 1.29 is 4.79 Å². The maximum Gasteiger partial charge on any atom is 0.254 e. The van der Waals surface area contributed by atoms with Crippen molar-refractivity contribution in [2.45, 2.75) is 64.8 Å². The van der Waals surface area contributed by atoms with Crippen molar-refractivity contribution in [2.75, 3.05) is 6.54 Å². The van der Waals surface area contributed by atoms with Gasteiger partial charge >= 0.3 is 0 Å². The first kappa shape index (κ1) is 18.0. The van der Waals surface area contributed by atoms with Gasteiger partial charge in [-0.3, -0.25) is 4.79 Å². The van der Waals surface area contributed by atoms with Gasteiger partial charge in [-0.2, -0.15) is 5.10 Å². The fraction of sp³-hybridized carbons (Fsp3) is 0.583. The van der Waals surface area contributed by atoms with Gasteiger partial charge in [0, 0.05) is 23.3 Å². The minimum atomic E-state index is 0.120. The molecule has 4 aliphatic rings. The molecule has 4 nitrogen and oxygen atoms in total. The Kier molecular flexibility index (Phi) is 4.15. The maximum absolute atomic E-state index is 13.5. The van der Waals surface area contributed by atoms with Crippen LogP contribution in [0.5, 0.6) is 0 Å². The molecule has 0 N–H and O–H groups in total. The Morgan fingerprint density at radius 1 is 1.07 bits per heavy atom. The van der Waals surface area contributed by atoms with Gasteiger partial charge in [0.2, 0.25) is 0 Å². The van der Waals surface area contributed by atoms with Crippen molar-refractivity contribution in [2.24, 2.45) is 17.8 Å². The van der Waals surface area contributed by atoms with Gasteiger partial charge in [-0.25, -0.2) is 4.68 Å². The van der Waals surface area contributed by atoms with E-state index in [0.717, 1.165) is 46.9 Å². The van der Waals surface area contributed by atoms with Crippen LogP contribution in [0, 0.1) is 31.6 Å². The van der Waals surface area contributed by atoms with Gasteiger partial charge in [0.15, 0.2) is 0 Å². The molecule has 4 bridgehead atoms. The Labute approximate surface area is 167 Å². The topological polar surface area (TPSA) is 38.1 Å². The van der Waals surface area contributed by atoms with Crippen molar-refractivity contribution in [1.29, 1.82) is 0 Å². The Bertz CT molecular complexity index is 860. The minimum Gasteiger partial charge on any atom is -0.333 e. The van der Waals surface area contributed by atoms with Gasteiger partial charge in [-0.1, -0.05) is 0 Å². The molecule has 2 aromatic rings. The molecule has 4 fully saturated rings. The van der Waals surface area contributed by atoms with E-state index in [1.165, 1.54) is 38.5 Å². The maximum atomic E-state index is 13.5. The Hall–Kier alpha value is -2.10. The standard InChI is InChI=1S/C24H31N3O/c1-4-26(24-13-18-10-19(14-24)12-20(11-18)15-24)23(28)21-5-7-22(8-6-21)27-17(3)9-16(2)25-27/h5-9,18-20H,4,10-15H2,1-3H3. The average Bonchev–Trinajstić information content (AvgIpc) is 2.99. The number of hydrogen-bond donors (Lipinski definition) is 0. The van der Waals surface area contributed by atoms with E-state index in [4.69, 9.17) is 0 Å². The third-order valence-corrected chi connectivity index (χ3v) is 7.51. The lowest BCUT2D eigenvalue weighted by Gasteiger charge is -2.60. The number of hydrogen-bond acceptors (Lipinski definition) is 2.